The van der Waals surface area contributed by atoms with Crippen LogP contribution in [0.1, 0.15) is 17.2 Å². The van der Waals surface area contributed by atoms with Crippen LogP contribution < -0.4 is 10.6 Å². The molecule has 3 aromatic carbocycles. The van der Waals surface area contributed by atoms with Gasteiger partial charge in [0.2, 0.25) is 0 Å². The summed E-state index contributed by atoms with van der Waals surface area (Å²) in [6.07, 6.45) is 0. The van der Waals surface area contributed by atoms with E-state index in [4.69, 9.17) is 15.5 Å². The van der Waals surface area contributed by atoms with Crippen LogP contribution in [-0.2, 0) is 4.74 Å². The van der Waals surface area contributed by atoms with Crippen molar-refractivity contribution >= 4 is 16.7 Å². The fourth-order valence-corrected chi connectivity index (χ4v) is 4.68. The number of aromatic amines is 1. The monoisotopic (exact) mass is 400 g/mol. The SMILES string of the molecule is N[C@@H]1c2ccccc2-c2c(-c3nc4cc(N5CCOCC5)c(F)cc4[nH]3)cccc21. The summed E-state index contributed by atoms with van der Waals surface area (Å²) in [6, 6.07) is 17.6. The molecule has 1 aromatic heterocycles. The highest BCUT2D eigenvalue weighted by Crippen LogP contribution is 2.46. The van der Waals surface area contributed by atoms with Crippen LogP contribution in [0.4, 0.5) is 10.1 Å². The van der Waals surface area contributed by atoms with E-state index in [0.29, 0.717) is 37.5 Å². The van der Waals surface area contributed by atoms with Gasteiger partial charge in [0.1, 0.15) is 11.6 Å². The molecule has 3 N–H and O–H groups in total. The van der Waals surface area contributed by atoms with Gasteiger partial charge in [0, 0.05) is 24.7 Å². The zero-order valence-corrected chi connectivity index (χ0v) is 16.4. The Hall–Kier alpha value is -3.22. The molecule has 6 heteroatoms. The predicted octanol–water partition coefficient (Wildman–Crippen LogP) is 4.23. The van der Waals surface area contributed by atoms with Gasteiger partial charge in [-0.3, -0.25) is 0 Å². The smallest absolute Gasteiger partial charge is 0.148 e. The minimum Gasteiger partial charge on any atom is -0.378 e. The molecule has 6 rings (SSSR count). The molecule has 1 atom stereocenters. The Morgan fingerprint density at radius 2 is 1.77 bits per heavy atom. The number of halogens is 1. The van der Waals surface area contributed by atoms with Gasteiger partial charge in [-0.1, -0.05) is 42.5 Å². The van der Waals surface area contributed by atoms with E-state index < -0.39 is 0 Å². The fraction of sp³-hybridized carbons (Fsp3) is 0.208. The summed E-state index contributed by atoms with van der Waals surface area (Å²) in [5.41, 5.74) is 14.0. The Morgan fingerprint density at radius 3 is 2.63 bits per heavy atom. The molecule has 4 aromatic rings. The Morgan fingerprint density at radius 1 is 1.00 bits per heavy atom. The van der Waals surface area contributed by atoms with Gasteiger partial charge in [0.25, 0.3) is 0 Å². The molecule has 0 unspecified atom stereocenters. The van der Waals surface area contributed by atoms with Crippen LogP contribution in [0.2, 0.25) is 0 Å². The first-order chi connectivity index (χ1) is 14.7. The lowest BCUT2D eigenvalue weighted by molar-refractivity contribution is 0.122. The highest BCUT2D eigenvalue weighted by atomic mass is 19.1. The Labute approximate surface area is 173 Å². The number of H-pyrrole nitrogens is 1. The second-order valence-corrected chi connectivity index (χ2v) is 7.84. The molecule has 30 heavy (non-hydrogen) atoms. The Kier molecular flexibility index (Phi) is 3.91. The van der Waals surface area contributed by atoms with Crippen molar-refractivity contribution in [2.45, 2.75) is 6.04 Å². The number of ether oxygens (including phenoxy) is 1. The number of rotatable bonds is 2. The molecule has 1 aliphatic carbocycles. The number of anilines is 1. The maximum Gasteiger partial charge on any atom is 0.148 e. The summed E-state index contributed by atoms with van der Waals surface area (Å²) in [5, 5.41) is 0. The van der Waals surface area contributed by atoms with E-state index >= 15 is 0 Å². The van der Waals surface area contributed by atoms with Crippen molar-refractivity contribution in [3.05, 3.63) is 71.5 Å². The first-order valence-electron chi connectivity index (χ1n) is 10.2. The molecule has 1 aliphatic heterocycles. The molecule has 0 saturated carbocycles. The minimum absolute atomic E-state index is 0.147. The minimum atomic E-state index is -0.245. The van der Waals surface area contributed by atoms with Crippen LogP contribution in [-0.4, -0.2) is 36.3 Å². The maximum atomic E-state index is 14.8. The summed E-state index contributed by atoms with van der Waals surface area (Å²) in [7, 11) is 0. The lowest BCUT2D eigenvalue weighted by Gasteiger charge is -2.29. The lowest BCUT2D eigenvalue weighted by Crippen LogP contribution is -2.36. The third kappa shape index (κ3) is 2.57. The first-order valence-corrected chi connectivity index (χ1v) is 10.2. The standard InChI is InChI=1S/C24H21FN4O/c25-18-12-19-20(13-21(18)29-8-10-30-11-9-29)28-24(27-19)17-7-3-6-16-22(17)14-4-1-2-5-15(14)23(16)26/h1-7,12-13,23H,8-11,26H2,(H,27,28)/t23-/m1/s1. The molecule has 1 saturated heterocycles. The zero-order chi connectivity index (χ0) is 20.2. The van der Waals surface area contributed by atoms with Gasteiger partial charge in [-0.15, -0.1) is 0 Å². The molecule has 0 radical (unpaired) electrons. The van der Waals surface area contributed by atoms with Gasteiger partial charge in [0.15, 0.2) is 0 Å². The summed E-state index contributed by atoms with van der Waals surface area (Å²) in [4.78, 5) is 10.2. The van der Waals surface area contributed by atoms with Gasteiger partial charge < -0.3 is 20.4 Å². The van der Waals surface area contributed by atoms with Gasteiger partial charge in [-0.25, -0.2) is 9.37 Å². The zero-order valence-electron chi connectivity index (χ0n) is 16.4. The first kappa shape index (κ1) is 17.6. The molecule has 5 nitrogen and oxygen atoms in total. The Bertz CT molecular complexity index is 1280. The number of morpholine rings is 1. The van der Waals surface area contributed by atoms with Crippen molar-refractivity contribution < 1.29 is 9.13 Å². The number of hydrogen-bond donors (Lipinski definition) is 2. The third-order valence-electron chi connectivity index (χ3n) is 6.15. The van der Waals surface area contributed by atoms with Gasteiger partial charge in [-0.05, 0) is 28.3 Å². The van der Waals surface area contributed by atoms with Crippen molar-refractivity contribution in [3.8, 4) is 22.5 Å². The highest BCUT2D eigenvalue weighted by molar-refractivity contribution is 5.92. The number of aromatic nitrogens is 2. The van der Waals surface area contributed by atoms with E-state index in [9.17, 15) is 4.39 Å². The van der Waals surface area contributed by atoms with E-state index in [1.54, 1.807) is 6.07 Å². The number of imidazole rings is 1. The summed E-state index contributed by atoms with van der Waals surface area (Å²) in [5.74, 6) is 0.481. The maximum absolute atomic E-state index is 14.8. The van der Waals surface area contributed by atoms with Crippen LogP contribution in [0.3, 0.4) is 0 Å². The number of nitrogens with zero attached hydrogens (tertiary/aromatic N) is 2. The van der Waals surface area contributed by atoms with E-state index in [-0.39, 0.29) is 11.9 Å². The molecule has 2 heterocycles. The van der Waals surface area contributed by atoms with Crippen LogP contribution in [0, 0.1) is 5.82 Å². The molecule has 0 bridgehead atoms. The van der Waals surface area contributed by atoms with Crippen molar-refractivity contribution in [2.75, 3.05) is 31.2 Å². The van der Waals surface area contributed by atoms with Crippen LogP contribution in [0.15, 0.2) is 54.6 Å². The van der Waals surface area contributed by atoms with Crippen molar-refractivity contribution in [1.82, 2.24) is 9.97 Å². The van der Waals surface area contributed by atoms with E-state index in [0.717, 1.165) is 39.2 Å². The van der Waals surface area contributed by atoms with Crippen LogP contribution in [0.25, 0.3) is 33.5 Å². The lowest BCUT2D eigenvalue weighted by atomic mass is 9.99. The third-order valence-corrected chi connectivity index (χ3v) is 6.15. The Balaban J connectivity index is 1.50. The number of nitrogens with one attached hydrogen (secondary N) is 1. The van der Waals surface area contributed by atoms with E-state index in [1.807, 2.05) is 35.2 Å². The normalized spacial score (nSPS) is 17.9. The second kappa shape index (κ2) is 6.65. The number of nitrogens with two attached hydrogens (primary N) is 1. The summed E-state index contributed by atoms with van der Waals surface area (Å²) in [6.45, 7) is 2.58. The molecule has 1 fully saturated rings. The average Bonchev–Trinajstić information content (AvgIpc) is 3.33. The van der Waals surface area contributed by atoms with Crippen LogP contribution >= 0.6 is 0 Å². The number of hydrogen-bond acceptors (Lipinski definition) is 4. The number of benzene rings is 3. The quantitative estimate of drug-likeness (QED) is 0.528. The highest BCUT2D eigenvalue weighted by Gasteiger charge is 2.28. The second-order valence-electron chi connectivity index (χ2n) is 7.84. The molecular weight excluding hydrogens is 379 g/mol. The van der Waals surface area contributed by atoms with Gasteiger partial charge in [0.05, 0.1) is 36.0 Å². The topological polar surface area (TPSA) is 67.2 Å². The average molecular weight is 400 g/mol. The summed E-state index contributed by atoms with van der Waals surface area (Å²) >= 11 is 0. The van der Waals surface area contributed by atoms with Gasteiger partial charge >= 0.3 is 0 Å². The molecule has 0 amide bonds. The van der Waals surface area contributed by atoms with Gasteiger partial charge in [-0.2, -0.15) is 0 Å². The summed E-state index contributed by atoms with van der Waals surface area (Å²) < 4.78 is 20.2. The predicted molar refractivity (Wildman–Crippen MR) is 116 cm³/mol. The van der Waals surface area contributed by atoms with Crippen molar-refractivity contribution in [3.63, 3.8) is 0 Å². The van der Waals surface area contributed by atoms with E-state index in [2.05, 4.69) is 23.2 Å². The molecule has 150 valence electrons. The number of fused-ring (bicyclic) bond motifs is 4. The molecule has 2 aliphatic rings. The fourth-order valence-electron chi connectivity index (χ4n) is 4.68. The largest absolute Gasteiger partial charge is 0.378 e. The van der Waals surface area contributed by atoms with Crippen molar-refractivity contribution in [2.24, 2.45) is 5.73 Å². The van der Waals surface area contributed by atoms with Crippen molar-refractivity contribution in [1.29, 1.82) is 0 Å². The van der Waals surface area contributed by atoms with E-state index in [1.165, 1.54) is 0 Å². The van der Waals surface area contributed by atoms with Crippen LogP contribution in [0.5, 0.6) is 0 Å². The molecular formula is C24H21FN4O. The molecule has 0 spiro atoms.